The molecular formula is C13H12N4S. The van der Waals surface area contributed by atoms with Crippen LogP contribution < -0.4 is 5.73 Å². The standard InChI is InChI=1S/C13H12N4S/c14-7-5-11-16-17-13(18-11)12-10-4-2-1-3-9(10)6-8-15-12/h1-4,6,8H,5,7,14H2. The minimum Gasteiger partial charge on any atom is -0.330 e. The predicted octanol–water partition coefficient (Wildman–Crippen LogP) is 2.25. The van der Waals surface area contributed by atoms with E-state index in [0.29, 0.717) is 6.54 Å². The highest BCUT2D eigenvalue weighted by Crippen LogP contribution is 2.28. The van der Waals surface area contributed by atoms with E-state index in [-0.39, 0.29) is 0 Å². The van der Waals surface area contributed by atoms with E-state index in [4.69, 9.17) is 5.73 Å². The highest BCUT2D eigenvalue weighted by molar-refractivity contribution is 7.14. The molecule has 0 bridgehead atoms. The lowest BCUT2D eigenvalue weighted by Crippen LogP contribution is -2.01. The minimum absolute atomic E-state index is 0.595. The molecule has 2 aromatic heterocycles. The quantitative estimate of drug-likeness (QED) is 0.780. The maximum Gasteiger partial charge on any atom is 0.166 e. The second-order valence-corrected chi connectivity index (χ2v) is 4.98. The van der Waals surface area contributed by atoms with Crippen molar-refractivity contribution in [3.8, 4) is 10.7 Å². The normalized spacial score (nSPS) is 10.9. The van der Waals surface area contributed by atoms with Crippen LogP contribution in [0.25, 0.3) is 21.5 Å². The van der Waals surface area contributed by atoms with Crippen molar-refractivity contribution in [2.45, 2.75) is 6.42 Å². The summed E-state index contributed by atoms with van der Waals surface area (Å²) in [5, 5.41) is 12.4. The van der Waals surface area contributed by atoms with Gasteiger partial charge in [0.05, 0.1) is 0 Å². The maximum absolute atomic E-state index is 5.52. The summed E-state index contributed by atoms with van der Waals surface area (Å²) in [6, 6.07) is 10.2. The number of rotatable bonds is 3. The van der Waals surface area contributed by atoms with Crippen molar-refractivity contribution in [1.82, 2.24) is 15.2 Å². The number of hydrogen-bond donors (Lipinski definition) is 1. The smallest absolute Gasteiger partial charge is 0.166 e. The number of aromatic nitrogens is 3. The summed E-state index contributed by atoms with van der Waals surface area (Å²) < 4.78 is 0. The lowest BCUT2D eigenvalue weighted by molar-refractivity contribution is 0.913. The Morgan fingerprint density at radius 3 is 2.89 bits per heavy atom. The summed E-state index contributed by atoms with van der Waals surface area (Å²) in [6.07, 6.45) is 2.57. The molecule has 0 saturated carbocycles. The van der Waals surface area contributed by atoms with E-state index < -0.39 is 0 Å². The van der Waals surface area contributed by atoms with E-state index >= 15 is 0 Å². The monoisotopic (exact) mass is 256 g/mol. The summed E-state index contributed by atoms with van der Waals surface area (Å²) in [5.41, 5.74) is 6.42. The molecule has 1 aromatic carbocycles. The molecule has 0 aliphatic rings. The number of fused-ring (bicyclic) bond motifs is 1. The zero-order chi connectivity index (χ0) is 12.4. The SMILES string of the molecule is NCCc1nnc(-c2nccc3ccccc23)s1. The van der Waals surface area contributed by atoms with E-state index in [1.807, 2.05) is 24.4 Å². The molecule has 4 nitrogen and oxygen atoms in total. The third-order valence-corrected chi connectivity index (χ3v) is 3.69. The molecule has 0 atom stereocenters. The second-order valence-electron chi connectivity index (χ2n) is 3.92. The fourth-order valence-electron chi connectivity index (χ4n) is 1.86. The molecule has 0 saturated heterocycles. The van der Waals surface area contributed by atoms with Crippen molar-refractivity contribution in [2.24, 2.45) is 5.73 Å². The molecule has 0 radical (unpaired) electrons. The van der Waals surface area contributed by atoms with Gasteiger partial charge in [-0.2, -0.15) is 0 Å². The molecule has 18 heavy (non-hydrogen) atoms. The Labute approximate surface area is 109 Å². The summed E-state index contributed by atoms with van der Waals surface area (Å²) in [7, 11) is 0. The largest absolute Gasteiger partial charge is 0.330 e. The van der Waals surface area contributed by atoms with Crippen LogP contribution in [0.1, 0.15) is 5.01 Å². The van der Waals surface area contributed by atoms with Crippen LogP contribution in [-0.4, -0.2) is 21.7 Å². The minimum atomic E-state index is 0.595. The molecule has 0 aliphatic carbocycles. The predicted molar refractivity (Wildman–Crippen MR) is 73.4 cm³/mol. The zero-order valence-corrected chi connectivity index (χ0v) is 10.5. The van der Waals surface area contributed by atoms with Crippen LogP contribution in [0.3, 0.4) is 0 Å². The second kappa shape index (κ2) is 4.80. The third kappa shape index (κ3) is 1.98. The molecule has 3 rings (SSSR count). The van der Waals surface area contributed by atoms with Gasteiger partial charge in [0.15, 0.2) is 5.01 Å². The Hall–Kier alpha value is -1.85. The molecule has 90 valence electrons. The summed E-state index contributed by atoms with van der Waals surface area (Å²) in [4.78, 5) is 4.43. The first-order valence-corrected chi connectivity index (χ1v) is 6.56. The van der Waals surface area contributed by atoms with Crippen molar-refractivity contribution in [2.75, 3.05) is 6.54 Å². The molecule has 0 unspecified atom stereocenters. The van der Waals surface area contributed by atoms with Crippen LogP contribution in [0.4, 0.5) is 0 Å². The molecule has 2 heterocycles. The molecule has 5 heteroatoms. The Morgan fingerprint density at radius 1 is 1.11 bits per heavy atom. The van der Waals surface area contributed by atoms with Crippen LogP contribution in [0.2, 0.25) is 0 Å². The molecule has 0 fully saturated rings. The van der Waals surface area contributed by atoms with Crippen molar-refractivity contribution in [1.29, 1.82) is 0 Å². The molecule has 3 aromatic rings. The van der Waals surface area contributed by atoms with Gasteiger partial charge in [-0.3, -0.25) is 4.98 Å². The number of nitrogens with two attached hydrogens (primary N) is 1. The molecule has 0 spiro atoms. The first kappa shape index (κ1) is 11.3. The highest BCUT2D eigenvalue weighted by Gasteiger charge is 2.10. The van der Waals surface area contributed by atoms with Gasteiger partial charge in [0.1, 0.15) is 10.7 Å². The third-order valence-electron chi connectivity index (χ3n) is 2.70. The van der Waals surface area contributed by atoms with E-state index in [1.165, 1.54) is 0 Å². The Balaban J connectivity index is 2.12. The Morgan fingerprint density at radius 2 is 2.00 bits per heavy atom. The van der Waals surface area contributed by atoms with Gasteiger partial charge in [-0.25, -0.2) is 0 Å². The van der Waals surface area contributed by atoms with Crippen LogP contribution in [0, 0.1) is 0 Å². The first-order chi connectivity index (χ1) is 8.88. The van der Waals surface area contributed by atoms with Gasteiger partial charge in [0, 0.05) is 18.0 Å². The van der Waals surface area contributed by atoms with E-state index in [1.54, 1.807) is 11.3 Å². The van der Waals surface area contributed by atoms with E-state index in [0.717, 1.165) is 32.9 Å². The van der Waals surface area contributed by atoms with Crippen LogP contribution in [-0.2, 0) is 6.42 Å². The summed E-state index contributed by atoms with van der Waals surface area (Å²) >= 11 is 1.56. The number of pyridine rings is 1. The highest BCUT2D eigenvalue weighted by atomic mass is 32.1. The topological polar surface area (TPSA) is 64.7 Å². The van der Waals surface area contributed by atoms with Crippen LogP contribution >= 0.6 is 11.3 Å². The number of nitrogens with zero attached hydrogens (tertiary/aromatic N) is 3. The van der Waals surface area contributed by atoms with Crippen molar-refractivity contribution >= 4 is 22.1 Å². The molecular weight excluding hydrogens is 244 g/mol. The van der Waals surface area contributed by atoms with Crippen LogP contribution in [0.15, 0.2) is 36.5 Å². The Kier molecular flexibility index (Phi) is 3.00. The van der Waals surface area contributed by atoms with Crippen molar-refractivity contribution in [3.63, 3.8) is 0 Å². The lowest BCUT2D eigenvalue weighted by Gasteiger charge is -2.01. The zero-order valence-electron chi connectivity index (χ0n) is 9.71. The summed E-state index contributed by atoms with van der Waals surface area (Å²) in [6.45, 7) is 0.595. The van der Waals surface area contributed by atoms with Crippen molar-refractivity contribution < 1.29 is 0 Å². The average Bonchev–Trinajstić information content (AvgIpc) is 2.87. The van der Waals surface area contributed by atoms with Crippen molar-refractivity contribution in [3.05, 3.63) is 41.5 Å². The van der Waals surface area contributed by atoms with Crippen LogP contribution in [0.5, 0.6) is 0 Å². The van der Waals surface area contributed by atoms with Gasteiger partial charge in [-0.15, -0.1) is 10.2 Å². The maximum atomic E-state index is 5.52. The van der Waals surface area contributed by atoms with E-state index in [9.17, 15) is 0 Å². The average molecular weight is 256 g/mol. The fraction of sp³-hybridized carbons (Fsp3) is 0.154. The molecule has 0 amide bonds. The van der Waals surface area contributed by atoms with Gasteiger partial charge in [-0.05, 0) is 18.0 Å². The van der Waals surface area contributed by atoms with Gasteiger partial charge in [0.25, 0.3) is 0 Å². The molecule has 0 aliphatic heterocycles. The number of benzene rings is 1. The van der Waals surface area contributed by atoms with Gasteiger partial charge >= 0.3 is 0 Å². The molecule has 2 N–H and O–H groups in total. The van der Waals surface area contributed by atoms with Gasteiger partial charge < -0.3 is 5.73 Å². The van der Waals surface area contributed by atoms with Gasteiger partial charge in [-0.1, -0.05) is 35.6 Å². The lowest BCUT2D eigenvalue weighted by atomic mass is 10.1. The summed E-state index contributed by atoms with van der Waals surface area (Å²) in [5.74, 6) is 0. The van der Waals surface area contributed by atoms with Gasteiger partial charge in [0.2, 0.25) is 0 Å². The van der Waals surface area contributed by atoms with E-state index in [2.05, 4.69) is 27.3 Å². The fourth-order valence-corrected chi connectivity index (χ4v) is 2.73. The Bertz CT molecular complexity index is 672. The first-order valence-electron chi connectivity index (χ1n) is 5.75. The number of hydrogen-bond acceptors (Lipinski definition) is 5.